The Morgan fingerprint density at radius 1 is 0.976 bits per heavy atom. The van der Waals surface area contributed by atoms with E-state index in [-0.39, 0.29) is 23.9 Å². The van der Waals surface area contributed by atoms with Crippen LogP contribution in [0.2, 0.25) is 0 Å². The fourth-order valence-corrected chi connectivity index (χ4v) is 6.15. The predicted octanol–water partition coefficient (Wildman–Crippen LogP) is 5.51. The maximum absolute atomic E-state index is 14.0. The zero-order valence-corrected chi connectivity index (χ0v) is 25.4. The molecule has 41 heavy (non-hydrogen) atoms. The maximum Gasteiger partial charge on any atom is 0.251 e. The summed E-state index contributed by atoms with van der Waals surface area (Å²) in [4.78, 5) is 29.9. The molecule has 0 saturated carbocycles. The topological polar surface area (TPSA) is 61.9 Å². The Morgan fingerprint density at radius 2 is 1.73 bits per heavy atom. The van der Waals surface area contributed by atoms with Gasteiger partial charge in [-0.3, -0.25) is 9.59 Å². The van der Waals surface area contributed by atoms with E-state index < -0.39 is 0 Å². The van der Waals surface area contributed by atoms with Crippen LogP contribution in [0.1, 0.15) is 36.5 Å². The van der Waals surface area contributed by atoms with E-state index >= 15 is 0 Å². The number of rotatable bonds is 10. The number of ether oxygens (including phenoxy) is 1. The molecule has 2 amide bonds. The van der Waals surface area contributed by atoms with E-state index in [1.54, 1.807) is 6.92 Å². The predicted molar refractivity (Wildman–Crippen MR) is 167 cm³/mol. The van der Waals surface area contributed by atoms with Gasteiger partial charge in [0.15, 0.2) is 0 Å². The normalized spacial score (nSPS) is 18.3. The summed E-state index contributed by atoms with van der Waals surface area (Å²) >= 11 is 3.48. The Bertz CT molecular complexity index is 1390. The maximum atomic E-state index is 14.0. The summed E-state index contributed by atoms with van der Waals surface area (Å²) < 4.78 is 6.90. The summed E-state index contributed by atoms with van der Waals surface area (Å²) in [5.74, 6) is 0.959. The molecule has 0 radical (unpaired) electrons. The smallest absolute Gasteiger partial charge is 0.251 e. The van der Waals surface area contributed by atoms with E-state index in [9.17, 15) is 9.59 Å². The van der Waals surface area contributed by atoms with Crippen LogP contribution in [-0.4, -0.2) is 67.0 Å². The molecule has 2 heterocycles. The second-order valence-electron chi connectivity index (χ2n) is 11.0. The molecule has 214 valence electrons. The summed E-state index contributed by atoms with van der Waals surface area (Å²) in [6.07, 6.45) is 3.35. The summed E-state index contributed by atoms with van der Waals surface area (Å²) in [5.41, 5.74) is 5.44. The number of hydrogen-bond acceptors (Lipinski definition) is 4. The molecule has 0 aromatic heterocycles. The van der Waals surface area contributed by atoms with E-state index in [1.807, 2.05) is 59.3 Å². The van der Waals surface area contributed by atoms with E-state index in [1.165, 1.54) is 11.1 Å². The Hall–Kier alpha value is -3.42. The third-order valence-electron chi connectivity index (χ3n) is 7.98. The SMILES string of the molecule is CC(=O)N1C[C@H]2CC(c3ccc(CCCOc4cccc(Br)c4)cc3)=C(C(=O)N(C)CCc3ccccc3)[C@@H](C1)N2. The zero-order chi connectivity index (χ0) is 28.8. The van der Waals surface area contributed by atoms with Crippen LogP contribution in [0.25, 0.3) is 5.57 Å². The van der Waals surface area contributed by atoms with Gasteiger partial charge in [0.1, 0.15) is 5.75 Å². The molecule has 1 N–H and O–H groups in total. The molecule has 5 rings (SSSR count). The second-order valence-corrected chi connectivity index (χ2v) is 11.9. The van der Waals surface area contributed by atoms with Crippen LogP contribution < -0.4 is 10.1 Å². The minimum absolute atomic E-state index is 0.0334. The van der Waals surface area contributed by atoms with Crippen molar-refractivity contribution < 1.29 is 14.3 Å². The lowest BCUT2D eigenvalue weighted by atomic mass is 9.82. The molecule has 2 aliphatic rings. The number of carbonyl (C=O) groups excluding carboxylic acids is 2. The Kier molecular flexibility index (Phi) is 9.57. The number of hydrogen-bond donors (Lipinski definition) is 1. The van der Waals surface area contributed by atoms with Gasteiger partial charge in [-0.1, -0.05) is 76.6 Å². The molecule has 0 unspecified atom stereocenters. The van der Waals surface area contributed by atoms with Gasteiger partial charge in [-0.05, 0) is 66.1 Å². The third kappa shape index (κ3) is 7.46. The third-order valence-corrected chi connectivity index (χ3v) is 8.48. The number of aryl methyl sites for hydroxylation is 1. The molecule has 2 aliphatic heterocycles. The standard InChI is InChI=1S/C34H38BrN3O3/c1-24(39)38-22-29-21-31(27-15-13-26(14-16-27)10-7-19-41-30-12-6-11-28(35)20-30)33(32(23-38)36-29)34(40)37(2)18-17-25-8-4-3-5-9-25/h3-6,8-9,11-16,20,29,32,36H,7,10,17-19,21-23H2,1-2H3/t29-,32-/m1/s1. The summed E-state index contributed by atoms with van der Waals surface area (Å²) in [6.45, 7) is 4.07. The first-order valence-electron chi connectivity index (χ1n) is 14.4. The van der Waals surface area contributed by atoms with Gasteiger partial charge in [-0.15, -0.1) is 0 Å². The number of amides is 2. The van der Waals surface area contributed by atoms with Crippen molar-refractivity contribution in [3.8, 4) is 5.75 Å². The van der Waals surface area contributed by atoms with Gasteiger partial charge in [0.25, 0.3) is 5.91 Å². The Morgan fingerprint density at radius 3 is 2.46 bits per heavy atom. The van der Waals surface area contributed by atoms with Crippen molar-refractivity contribution in [3.63, 3.8) is 0 Å². The highest BCUT2D eigenvalue weighted by Crippen LogP contribution is 2.34. The first kappa shape index (κ1) is 29.1. The van der Waals surface area contributed by atoms with E-state index in [4.69, 9.17) is 4.74 Å². The number of halogens is 1. The van der Waals surface area contributed by atoms with Crippen LogP contribution in [0.3, 0.4) is 0 Å². The van der Waals surface area contributed by atoms with Gasteiger partial charge in [-0.2, -0.15) is 0 Å². The highest BCUT2D eigenvalue weighted by molar-refractivity contribution is 9.10. The molecule has 7 heteroatoms. The molecule has 2 atom stereocenters. The van der Waals surface area contributed by atoms with Gasteiger partial charge in [0.2, 0.25) is 5.91 Å². The largest absolute Gasteiger partial charge is 0.494 e. The lowest BCUT2D eigenvalue weighted by molar-refractivity contribution is -0.132. The minimum atomic E-state index is -0.178. The molecular weight excluding hydrogens is 578 g/mol. The molecule has 3 aromatic rings. The average molecular weight is 617 g/mol. The van der Waals surface area contributed by atoms with Gasteiger partial charge in [0.05, 0.1) is 12.6 Å². The Labute approximate surface area is 251 Å². The van der Waals surface area contributed by atoms with Crippen LogP contribution >= 0.6 is 15.9 Å². The van der Waals surface area contributed by atoms with Gasteiger partial charge >= 0.3 is 0 Å². The highest BCUT2D eigenvalue weighted by atomic mass is 79.9. The summed E-state index contributed by atoms with van der Waals surface area (Å²) in [6, 6.07) is 26.8. The second kappa shape index (κ2) is 13.5. The average Bonchev–Trinajstić information content (AvgIpc) is 2.98. The van der Waals surface area contributed by atoms with Crippen molar-refractivity contribution in [1.29, 1.82) is 0 Å². The quantitative estimate of drug-likeness (QED) is 0.306. The highest BCUT2D eigenvalue weighted by Gasteiger charge is 2.39. The van der Waals surface area contributed by atoms with Crippen molar-refractivity contribution in [1.82, 2.24) is 15.1 Å². The van der Waals surface area contributed by atoms with E-state index in [0.717, 1.165) is 46.2 Å². The summed E-state index contributed by atoms with van der Waals surface area (Å²) in [5, 5.41) is 3.64. The summed E-state index contributed by atoms with van der Waals surface area (Å²) in [7, 11) is 1.88. The number of likely N-dealkylation sites (N-methyl/N-ethyl adjacent to an activating group) is 1. The van der Waals surface area contributed by atoms with Crippen LogP contribution in [0.15, 0.2) is 88.9 Å². The number of benzene rings is 3. The fourth-order valence-electron chi connectivity index (χ4n) is 5.77. The van der Waals surface area contributed by atoms with Crippen LogP contribution in [-0.2, 0) is 22.4 Å². The van der Waals surface area contributed by atoms with E-state index in [2.05, 4.69) is 57.6 Å². The van der Waals surface area contributed by atoms with Gasteiger partial charge in [0, 0.05) is 49.7 Å². The number of carbonyl (C=O) groups is 2. The van der Waals surface area contributed by atoms with Gasteiger partial charge in [-0.25, -0.2) is 0 Å². The minimum Gasteiger partial charge on any atom is -0.494 e. The number of fused-ring (bicyclic) bond motifs is 2. The zero-order valence-electron chi connectivity index (χ0n) is 23.8. The van der Waals surface area contributed by atoms with E-state index in [0.29, 0.717) is 32.7 Å². The van der Waals surface area contributed by atoms with Crippen molar-refractivity contribution >= 4 is 33.3 Å². The lowest BCUT2D eigenvalue weighted by Gasteiger charge is -2.44. The molecule has 6 nitrogen and oxygen atoms in total. The fraction of sp³-hybridized carbons (Fsp3) is 0.353. The monoisotopic (exact) mass is 615 g/mol. The van der Waals surface area contributed by atoms with Crippen molar-refractivity contribution in [3.05, 3.63) is 106 Å². The Balaban J connectivity index is 1.30. The molecular formula is C34H38BrN3O3. The molecule has 0 aliphatic carbocycles. The molecule has 1 fully saturated rings. The van der Waals surface area contributed by atoms with Crippen molar-refractivity contribution in [2.24, 2.45) is 0 Å². The van der Waals surface area contributed by atoms with Crippen LogP contribution in [0, 0.1) is 0 Å². The number of nitrogens with one attached hydrogen (secondary N) is 1. The molecule has 2 bridgehead atoms. The number of piperazine rings is 1. The molecule has 3 aromatic carbocycles. The van der Waals surface area contributed by atoms with Crippen molar-refractivity contribution in [2.75, 3.05) is 33.3 Å². The van der Waals surface area contributed by atoms with Crippen LogP contribution in [0.4, 0.5) is 0 Å². The lowest BCUT2D eigenvalue weighted by Crippen LogP contribution is -2.61. The van der Waals surface area contributed by atoms with Crippen molar-refractivity contribution in [2.45, 2.75) is 44.7 Å². The van der Waals surface area contributed by atoms with Gasteiger partial charge < -0.3 is 19.9 Å². The number of nitrogens with zero attached hydrogens (tertiary/aromatic N) is 2. The molecule has 1 saturated heterocycles. The first-order chi connectivity index (χ1) is 19.9. The first-order valence-corrected chi connectivity index (χ1v) is 15.2. The van der Waals surface area contributed by atoms with Crippen LogP contribution in [0.5, 0.6) is 5.75 Å². The molecule has 0 spiro atoms.